The van der Waals surface area contributed by atoms with Crippen molar-refractivity contribution in [3.05, 3.63) is 10.5 Å². The number of halogens is 1. The fourth-order valence-corrected chi connectivity index (χ4v) is 3.01. The Morgan fingerprint density at radius 1 is 1.71 bits per heavy atom. The summed E-state index contributed by atoms with van der Waals surface area (Å²) in [5, 5.41) is 10.6. The van der Waals surface area contributed by atoms with Gasteiger partial charge in [0.15, 0.2) is 4.34 Å². The van der Waals surface area contributed by atoms with Gasteiger partial charge in [-0.1, -0.05) is 37.2 Å². The summed E-state index contributed by atoms with van der Waals surface area (Å²) in [6.07, 6.45) is 0. The number of hydrogen-bond donors (Lipinski definition) is 1. The summed E-state index contributed by atoms with van der Waals surface area (Å²) >= 11 is 8.26. The average Bonchev–Trinajstić information content (AvgIpc) is 2.46. The molecule has 0 spiro atoms. The van der Waals surface area contributed by atoms with E-state index in [1.807, 2.05) is 13.8 Å². The molecule has 14 heavy (non-hydrogen) atoms. The van der Waals surface area contributed by atoms with E-state index in [4.69, 9.17) is 16.7 Å². The Labute approximate surface area is 95.5 Å². The van der Waals surface area contributed by atoms with Crippen LogP contribution in [-0.2, 0) is 4.79 Å². The standard InChI is InChI=1S/C8H10ClNO2S2/c1-4(2)6(7(11)12)14-8-10-5(9)3-13-8/h3-4,6H,1-2H3,(H,11,12). The topological polar surface area (TPSA) is 50.2 Å². The lowest BCUT2D eigenvalue weighted by Gasteiger charge is -2.13. The van der Waals surface area contributed by atoms with Crippen LogP contribution in [0.5, 0.6) is 0 Å². The number of nitrogens with zero attached hydrogens (tertiary/aromatic N) is 1. The Morgan fingerprint density at radius 3 is 2.71 bits per heavy atom. The first-order valence-electron chi connectivity index (χ1n) is 4.01. The van der Waals surface area contributed by atoms with E-state index in [1.54, 1.807) is 5.38 Å². The third kappa shape index (κ3) is 3.15. The quantitative estimate of drug-likeness (QED) is 0.836. The van der Waals surface area contributed by atoms with Gasteiger partial charge in [0, 0.05) is 5.38 Å². The number of aliphatic carboxylic acids is 1. The molecule has 0 aromatic carbocycles. The van der Waals surface area contributed by atoms with Gasteiger partial charge in [-0.2, -0.15) is 0 Å². The molecule has 3 nitrogen and oxygen atoms in total. The van der Waals surface area contributed by atoms with Gasteiger partial charge in [-0.15, -0.1) is 11.3 Å². The van der Waals surface area contributed by atoms with Crippen molar-refractivity contribution in [2.75, 3.05) is 0 Å². The summed E-state index contributed by atoms with van der Waals surface area (Å²) in [7, 11) is 0. The van der Waals surface area contributed by atoms with Gasteiger partial charge in [-0.3, -0.25) is 4.79 Å². The van der Waals surface area contributed by atoms with Crippen molar-refractivity contribution < 1.29 is 9.90 Å². The lowest BCUT2D eigenvalue weighted by atomic mass is 10.1. The summed E-state index contributed by atoms with van der Waals surface area (Å²) < 4.78 is 0.705. The van der Waals surface area contributed by atoms with Crippen molar-refractivity contribution >= 4 is 40.7 Å². The normalized spacial score (nSPS) is 13.1. The molecule has 0 amide bonds. The predicted molar refractivity (Wildman–Crippen MR) is 59.2 cm³/mol. The first-order chi connectivity index (χ1) is 6.50. The molecule has 1 N–H and O–H groups in total. The van der Waals surface area contributed by atoms with Gasteiger partial charge in [0.25, 0.3) is 0 Å². The third-order valence-corrected chi connectivity index (χ3v) is 4.36. The van der Waals surface area contributed by atoms with Crippen molar-refractivity contribution in [3.8, 4) is 0 Å². The molecule has 0 radical (unpaired) electrons. The highest BCUT2D eigenvalue weighted by Crippen LogP contribution is 2.31. The molecule has 0 aliphatic rings. The van der Waals surface area contributed by atoms with Crippen LogP contribution in [0.1, 0.15) is 13.8 Å². The van der Waals surface area contributed by atoms with Gasteiger partial charge >= 0.3 is 5.97 Å². The number of hydrogen-bond acceptors (Lipinski definition) is 4. The number of thiazole rings is 1. The third-order valence-electron chi connectivity index (χ3n) is 1.53. The number of aromatic nitrogens is 1. The Balaban J connectivity index is 2.69. The van der Waals surface area contributed by atoms with Crippen LogP contribution in [0.15, 0.2) is 9.72 Å². The zero-order chi connectivity index (χ0) is 10.7. The first kappa shape index (κ1) is 11.8. The fourth-order valence-electron chi connectivity index (χ4n) is 0.873. The summed E-state index contributed by atoms with van der Waals surface area (Å²) in [4.78, 5) is 14.9. The zero-order valence-electron chi connectivity index (χ0n) is 7.73. The molecule has 1 rings (SSSR count). The molecule has 0 aliphatic carbocycles. The van der Waals surface area contributed by atoms with Gasteiger partial charge in [-0.05, 0) is 5.92 Å². The Morgan fingerprint density at radius 2 is 2.36 bits per heavy atom. The van der Waals surface area contributed by atoms with Crippen LogP contribution in [-0.4, -0.2) is 21.3 Å². The van der Waals surface area contributed by atoms with E-state index in [0.717, 1.165) is 0 Å². The van der Waals surface area contributed by atoms with Crippen LogP contribution in [0.4, 0.5) is 0 Å². The number of rotatable bonds is 4. The molecule has 1 atom stereocenters. The first-order valence-corrected chi connectivity index (χ1v) is 6.15. The fraction of sp³-hybridized carbons (Fsp3) is 0.500. The summed E-state index contributed by atoms with van der Waals surface area (Å²) in [6.45, 7) is 3.75. The van der Waals surface area contributed by atoms with Crippen molar-refractivity contribution in [1.29, 1.82) is 0 Å². The number of carboxylic acid groups (broad SMARTS) is 1. The predicted octanol–water partition coefficient (Wildman–Crippen LogP) is 3.00. The van der Waals surface area contributed by atoms with Crippen LogP contribution >= 0.6 is 34.7 Å². The Bertz CT molecular complexity index is 327. The Kier molecular flexibility index (Phi) is 4.22. The second-order valence-corrected chi connectivity index (χ2v) is 5.69. The van der Waals surface area contributed by atoms with Crippen LogP contribution in [0.3, 0.4) is 0 Å². The van der Waals surface area contributed by atoms with E-state index in [9.17, 15) is 4.79 Å². The van der Waals surface area contributed by atoms with Gasteiger partial charge in [0.2, 0.25) is 0 Å². The number of carboxylic acids is 1. The summed E-state index contributed by atoms with van der Waals surface area (Å²) in [5.41, 5.74) is 0. The minimum absolute atomic E-state index is 0.0696. The highest BCUT2D eigenvalue weighted by Gasteiger charge is 2.23. The molecule has 6 heteroatoms. The molecule has 1 aromatic rings. The molecule has 1 heterocycles. The molecular formula is C8H10ClNO2S2. The maximum atomic E-state index is 10.9. The van der Waals surface area contributed by atoms with Crippen LogP contribution < -0.4 is 0 Å². The molecule has 0 bridgehead atoms. The average molecular weight is 252 g/mol. The maximum Gasteiger partial charge on any atom is 0.317 e. The lowest BCUT2D eigenvalue weighted by molar-refractivity contribution is -0.137. The summed E-state index contributed by atoms with van der Waals surface area (Å²) in [6, 6.07) is 0. The lowest BCUT2D eigenvalue weighted by Crippen LogP contribution is -2.22. The molecule has 0 fully saturated rings. The van der Waals surface area contributed by atoms with Gasteiger partial charge in [0.05, 0.1) is 0 Å². The minimum atomic E-state index is -0.809. The number of carbonyl (C=O) groups is 1. The molecule has 0 saturated heterocycles. The van der Waals surface area contributed by atoms with E-state index < -0.39 is 11.2 Å². The smallest absolute Gasteiger partial charge is 0.317 e. The second kappa shape index (κ2) is 5.00. The van der Waals surface area contributed by atoms with Crippen molar-refractivity contribution in [2.24, 2.45) is 5.92 Å². The number of thioether (sulfide) groups is 1. The molecule has 78 valence electrons. The monoisotopic (exact) mass is 251 g/mol. The largest absolute Gasteiger partial charge is 0.480 e. The second-order valence-electron chi connectivity index (χ2n) is 3.06. The van der Waals surface area contributed by atoms with Crippen LogP contribution in [0.25, 0.3) is 0 Å². The van der Waals surface area contributed by atoms with E-state index in [1.165, 1.54) is 23.1 Å². The highest BCUT2D eigenvalue weighted by atomic mass is 35.5. The molecule has 0 saturated carbocycles. The minimum Gasteiger partial charge on any atom is -0.480 e. The molecule has 0 aliphatic heterocycles. The van der Waals surface area contributed by atoms with Crippen molar-refractivity contribution in [2.45, 2.75) is 23.4 Å². The van der Waals surface area contributed by atoms with E-state index in [2.05, 4.69) is 4.98 Å². The summed E-state index contributed by atoms with van der Waals surface area (Å²) in [5.74, 6) is -0.739. The van der Waals surface area contributed by atoms with E-state index >= 15 is 0 Å². The molecule has 1 aromatic heterocycles. The SMILES string of the molecule is CC(C)C(Sc1nc(Cl)cs1)C(=O)O. The van der Waals surface area contributed by atoms with Gasteiger partial charge in [-0.25, -0.2) is 4.98 Å². The van der Waals surface area contributed by atoms with Crippen LogP contribution in [0, 0.1) is 5.92 Å². The van der Waals surface area contributed by atoms with Gasteiger partial charge < -0.3 is 5.11 Å². The van der Waals surface area contributed by atoms with Crippen molar-refractivity contribution in [1.82, 2.24) is 4.98 Å². The maximum absolute atomic E-state index is 10.9. The van der Waals surface area contributed by atoms with E-state index in [-0.39, 0.29) is 5.92 Å². The van der Waals surface area contributed by atoms with Gasteiger partial charge in [0.1, 0.15) is 10.4 Å². The highest BCUT2D eigenvalue weighted by molar-refractivity contribution is 8.02. The molecule has 1 unspecified atom stereocenters. The van der Waals surface area contributed by atoms with Crippen LogP contribution in [0.2, 0.25) is 5.15 Å². The zero-order valence-corrected chi connectivity index (χ0v) is 10.1. The Hall–Kier alpha value is -0.260. The van der Waals surface area contributed by atoms with E-state index in [0.29, 0.717) is 9.49 Å². The van der Waals surface area contributed by atoms with Crippen molar-refractivity contribution in [3.63, 3.8) is 0 Å². The molecular weight excluding hydrogens is 242 g/mol.